The lowest BCUT2D eigenvalue weighted by Crippen LogP contribution is -2.43. The van der Waals surface area contributed by atoms with E-state index in [1.165, 1.54) is 12.1 Å². The van der Waals surface area contributed by atoms with Crippen LogP contribution in [0, 0.1) is 5.92 Å². The number of benzene rings is 1. The summed E-state index contributed by atoms with van der Waals surface area (Å²) in [6.07, 6.45) is -2.22. The lowest BCUT2D eigenvalue weighted by Gasteiger charge is -2.33. The molecule has 124 valence electrons. The smallest absolute Gasteiger partial charge is 0.416 e. The van der Waals surface area contributed by atoms with E-state index >= 15 is 0 Å². The van der Waals surface area contributed by atoms with Crippen molar-refractivity contribution in [2.75, 3.05) is 26.2 Å². The first-order chi connectivity index (χ1) is 10.4. The maximum atomic E-state index is 12.5. The molecule has 1 saturated heterocycles. The van der Waals surface area contributed by atoms with Crippen LogP contribution in [0.1, 0.15) is 25.3 Å². The van der Waals surface area contributed by atoms with Crippen LogP contribution in [-0.4, -0.2) is 37.2 Å². The summed E-state index contributed by atoms with van der Waals surface area (Å²) in [7, 11) is 0. The van der Waals surface area contributed by atoms with Crippen LogP contribution in [0.2, 0.25) is 0 Å². The van der Waals surface area contributed by atoms with Crippen molar-refractivity contribution < 1.29 is 17.9 Å². The van der Waals surface area contributed by atoms with Gasteiger partial charge in [-0.2, -0.15) is 13.2 Å². The Hall–Kier alpha value is -1.27. The second kappa shape index (κ2) is 7.33. The Morgan fingerprint density at radius 2 is 1.82 bits per heavy atom. The van der Waals surface area contributed by atoms with Gasteiger partial charge in [-0.1, -0.05) is 6.92 Å². The number of alkyl halides is 3. The Kier molecular flexibility index (Phi) is 5.69. The summed E-state index contributed by atoms with van der Waals surface area (Å²) < 4.78 is 43.0. The number of hydrogen-bond donors (Lipinski definition) is 1. The minimum absolute atomic E-state index is 0.0821. The summed E-state index contributed by atoms with van der Waals surface area (Å²) in [6, 6.07) is 4.66. The second-order valence-corrected chi connectivity index (χ2v) is 5.77. The molecule has 0 saturated carbocycles. The van der Waals surface area contributed by atoms with E-state index in [4.69, 9.17) is 10.5 Å². The van der Waals surface area contributed by atoms with Crippen molar-refractivity contribution in [1.82, 2.24) is 4.90 Å². The standard InChI is InChI=1S/C16H23F3N2O/c1-2-21-9-7-12(8-10-21)15(20)11-22-14-5-3-13(4-6-14)16(17,18)19/h3-6,12,15H,2,7-11,20H2,1H3. The fourth-order valence-electron chi connectivity index (χ4n) is 2.77. The van der Waals surface area contributed by atoms with Crippen molar-refractivity contribution >= 4 is 0 Å². The molecule has 1 heterocycles. The topological polar surface area (TPSA) is 38.5 Å². The SMILES string of the molecule is CCN1CCC(C(N)COc2ccc(C(F)(F)F)cc2)CC1. The first-order valence-corrected chi connectivity index (χ1v) is 7.68. The molecule has 1 aromatic rings. The van der Waals surface area contributed by atoms with Crippen molar-refractivity contribution in [2.24, 2.45) is 11.7 Å². The van der Waals surface area contributed by atoms with Crippen LogP contribution < -0.4 is 10.5 Å². The largest absolute Gasteiger partial charge is 0.492 e. The maximum Gasteiger partial charge on any atom is 0.416 e. The molecule has 3 nitrogen and oxygen atoms in total. The molecule has 6 heteroatoms. The average molecular weight is 316 g/mol. The highest BCUT2D eigenvalue weighted by atomic mass is 19.4. The van der Waals surface area contributed by atoms with Gasteiger partial charge in [0.05, 0.1) is 5.56 Å². The summed E-state index contributed by atoms with van der Waals surface area (Å²) in [6.45, 7) is 5.64. The molecule has 22 heavy (non-hydrogen) atoms. The highest BCUT2D eigenvalue weighted by molar-refractivity contribution is 5.28. The van der Waals surface area contributed by atoms with E-state index in [-0.39, 0.29) is 6.04 Å². The normalized spacial score (nSPS) is 19.1. The van der Waals surface area contributed by atoms with Gasteiger partial charge in [-0.25, -0.2) is 0 Å². The summed E-state index contributed by atoms with van der Waals surface area (Å²) in [5, 5.41) is 0. The molecule has 0 aromatic heterocycles. The zero-order chi connectivity index (χ0) is 16.2. The van der Waals surface area contributed by atoms with Crippen molar-refractivity contribution in [2.45, 2.75) is 32.0 Å². The first kappa shape index (κ1) is 17.1. The van der Waals surface area contributed by atoms with Gasteiger partial charge in [0.1, 0.15) is 12.4 Å². The third kappa shape index (κ3) is 4.61. The minimum atomic E-state index is -4.32. The van der Waals surface area contributed by atoms with Gasteiger partial charge < -0.3 is 15.4 Å². The van der Waals surface area contributed by atoms with E-state index in [1.807, 2.05) is 0 Å². The Labute approximate surface area is 129 Å². The molecule has 0 amide bonds. The van der Waals surface area contributed by atoms with Crippen LogP contribution in [-0.2, 0) is 6.18 Å². The Bertz CT molecular complexity index is 453. The zero-order valence-corrected chi connectivity index (χ0v) is 12.8. The molecular formula is C16H23F3N2O. The van der Waals surface area contributed by atoms with E-state index in [1.54, 1.807) is 0 Å². The number of piperidine rings is 1. The summed E-state index contributed by atoms with van der Waals surface area (Å²) in [5.41, 5.74) is 5.49. The number of halogens is 3. The summed E-state index contributed by atoms with van der Waals surface area (Å²) in [5.74, 6) is 0.840. The van der Waals surface area contributed by atoms with Crippen molar-refractivity contribution in [3.8, 4) is 5.75 Å². The molecule has 1 aromatic carbocycles. The molecule has 2 N–H and O–H groups in total. The van der Waals surface area contributed by atoms with Crippen LogP contribution in [0.3, 0.4) is 0 Å². The number of ether oxygens (including phenoxy) is 1. The van der Waals surface area contributed by atoms with Gasteiger partial charge in [0.25, 0.3) is 0 Å². The zero-order valence-electron chi connectivity index (χ0n) is 12.8. The molecule has 0 radical (unpaired) electrons. The molecule has 1 fully saturated rings. The first-order valence-electron chi connectivity index (χ1n) is 7.68. The van der Waals surface area contributed by atoms with Crippen LogP contribution in [0.25, 0.3) is 0 Å². The van der Waals surface area contributed by atoms with Crippen molar-refractivity contribution in [1.29, 1.82) is 0 Å². The Morgan fingerprint density at radius 1 is 1.23 bits per heavy atom. The molecule has 2 rings (SSSR count). The summed E-state index contributed by atoms with van der Waals surface area (Å²) in [4.78, 5) is 2.39. The third-order valence-electron chi connectivity index (χ3n) is 4.31. The Morgan fingerprint density at radius 3 is 2.32 bits per heavy atom. The second-order valence-electron chi connectivity index (χ2n) is 5.77. The van der Waals surface area contributed by atoms with Gasteiger partial charge in [-0.15, -0.1) is 0 Å². The molecule has 0 aliphatic carbocycles. The fraction of sp³-hybridized carbons (Fsp3) is 0.625. The van der Waals surface area contributed by atoms with E-state index in [0.717, 1.165) is 44.6 Å². The molecule has 1 aliphatic rings. The highest BCUT2D eigenvalue weighted by Gasteiger charge is 2.30. The fourth-order valence-corrected chi connectivity index (χ4v) is 2.77. The lowest BCUT2D eigenvalue weighted by atomic mass is 9.90. The Balaban J connectivity index is 1.80. The molecule has 1 aliphatic heterocycles. The predicted molar refractivity (Wildman–Crippen MR) is 79.8 cm³/mol. The quantitative estimate of drug-likeness (QED) is 0.907. The van der Waals surface area contributed by atoms with Gasteiger partial charge in [-0.05, 0) is 62.7 Å². The molecular weight excluding hydrogens is 293 g/mol. The van der Waals surface area contributed by atoms with E-state index < -0.39 is 11.7 Å². The van der Waals surface area contributed by atoms with Gasteiger partial charge in [0, 0.05) is 6.04 Å². The van der Waals surface area contributed by atoms with Crippen molar-refractivity contribution in [3.63, 3.8) is 0 Å². The summed E-state index contributed by atoms with van der Waals surface area (Å²) >= 11 is 0. The highest BCUT2D eigenvalue weighted by Crippen LogP contribution is 2.30. The third-order valence-corrected chi connectivity index (χ3v) is 4.31. The average Bonchev–Trinajstić information content (AvgIpc) is 2.52. The van der Waals surface area contributed by atoms with E-state index in [0.29, 0.717) is 18.3 Å². The minimum Gasteiger partial charge on any atom is -0.492 e. The molecule has 0 spiro atoms. The van der Waals surface area contributed by atoms with Crippen LogP contribution in [0.15, 0.2) is 24.3 Å². The number of hydrogen-bond acceptors (Lipinski definition) is 3. The van der Waals surface area contributed by atoms with Crippen LogP contribution in [0.5, 0.6) is 5.75 Å². The maximum absolute atomic E-state index is 12.5. The van der Waals surface area contributed by atoms with Crippen LogP contribution >= 0.6 is 0 Å². The number of nitrogens with zero attached hydrogens (tertiary/aromatic N) is 1. The molecule has 1 atom stereocenters. The van der Waals surface area contributed by atoms with Gasteiger partial charge in [0.2, 0.25) is 0 Å². The van der Waals surface area contributed by atoms with Gasteiger partial charge in [0.15, 0.2) is 0 Å². The van der Waals surface area contributed by atoms with Gasteiger partial charge in [-0.3, -0.25) is 0 Å². The van der Waals surface area contributed by atoms with E-state index in [9.17, 15) is 13.2 Å². The molecule has 1 unspecified atom stereocenters. The van der Waals surface area contributed by atoms with E-state index in [2.05, 4.69) is 11.8 Å². The van der Waals surface area contributed by atoms with Crippen molar-refractivity contribution in [3.05, 3.63) is 29.8 Å². The number of nitrogens with two attached hydrogens (primary N) is 1. The van der Waals surface area contributed by atoms with Gasteiger partial charge >= 0.3 is 6.18 Å². The lowest BCUT2D eigenvalue weighted by molar-refractivity contribution is -0.137. The number of rotatable bonds is 5. The monoisotopic (exact) mass is 316 g/mol. The van der Waals surface area contributed by atoms with Crippen LogP contribution in [0.4, 0.5) is 13.2 Å². The predicted octanol–water partition coefficient (Wildman–Crippen LogP) is 3.14. The number of likely N-dealkylation sites (tertiary alicyclic amines) is 1. The molecule has 0 bridgehead atoms.